The first-order chi connectivity index (χ1) is 6.25. The van der Waals surface area contributed by atoms with E-state index in [4.69, 9.17) is 20.1 Å². The standard InChI is InChI=1S/2C4H11BO2/c2*1-4(2)3-5(6)7/h2*4,6-7H,3H2,1-2H3. The van der Waals surface area contributed by atoms with E-state index in [9.17, 15) is 0 Å². The fraction of sp³-hybridized carbons (Fsp3) is 1.00. The van der Waals surface area contributed by atoms with Crippen LogP contribution in [0.15, 0.2) is 0 Å². The van der Waals surface area contributed by atoms with E-state index in [1.165, 1.54) is 0 Å². The molecule has 14 heavy (non-hydrogen) atoms. The van der Waals surface area contributed by atoms with Crippen LogP contribution in [-0.4, -0.2) is 34.3 Å². The van der Waals surface area contributed by atoms with Crippen molar-refractivity contribution >= 4 is 14.2 Å². The summed E-state index contributed by atoms with van der Waals surface area (Å²) in [5.74, 6) is 0.750. The Morgan fingerprint density at radius 3 is 0.929 bits per heavy atom. The summed E-state index contributed by atoms with van der Waals surface area (Å²) in [6.07, 6.45) is 0.944. The lowest BCUT2D eigenvalue weighted by molar-refractivity contribution is 0.393. The Bertz CT molecular complexity index is 91.9. The first-order valence-corrected chi connectivity index (χ1v) is 4.98. The van der Waals surface area contributed by atoms with Crippen molar-refractivity contribution in [1.29, 1.82) is 0 Å². The van der Waals surface area contributed by atoms with E-state index in [2.05, 4.69) is 0 Å². The summed E-state index contributed by atoms with van der Waals surface area (Å²) in [6.45, 7) is 7.78. The second kappa shape index (κ2) is 9.52. The molecule has 4 nitrogen and oxygen atoms in total. The van der Waals surface area contributed by atoms with Crippen LogP contribution in [0.3, 0.4) is 0 Å². The second-order valence-electron chi connectivity index (χ2n) is 4.22. The Kier molecular flexibility index (Phi) is 11.2. The number of rotatable bonds is 4. The molecule has 84 valence electrons. The highest BCUT2D eigenvalue weighted by molar-refractivity contribution is 6.41. The van der Waals surface area contributed by atoms with Gasteiger partial charge in [0.25, 0.3) is 0 Å². The fourth-order valence-corrected chi connectivity index (χ4v) is 0.843. The monoisotopic (exact) mass is 204 g/mol. The van der Waals surface area contributed by atoms with Crippen LogP contribution >= 0.6 is 0 Å². The molecule has 0 aliphatic rings. The lowest BCUT2D eigenvalue weighted by atomic mass is 9.80. The van der Waals surface area contributed by atoms with Crippen LogP contribution in [0.1, 0.15) is 27.7 Å². The SMILES string of the molecule is CC(C)CB(O)O.CC(C)CB(O)O. The van der Waals surface area contributed by atoms with Crippen LogP contribution < -0.4 is 0 Å². The maximum absolute atomic E-state index is 8.28. The summed E-state index contributed by atoms with van der Waals surface area (Å²) in [5.41, 5.74) is 0. The van der Waals surface area contributed by atoms with Crippen LogP contribution in [0.25, 0.3) is 0 Å². The lowest BCUT2D eigenvalue weighted by Gasteiger charge is -1.99. The summed E-state index contributed by atoms with van der Waals surface area (Å²) in [7, 11) is -2.25. The molecule has 0 aromatic rings. The zero-order valence-electron chi connectivity index (χ0n) is 9.51. The van der Waals surface area contributed by atoms with Gasteiger partial charge in [0.1, 0.15) is 0 Å². The van der Waals surface area contributed by atoms with Crippen molar-refractivity contribution in [2.45, 2.75) is 40.3 Å². The van der Waals surface area contributed by atoms with Gasteiger partial charge in [-0.25, -0.2) is 0 Å². The van der Waals surface area contributed by atoms with E-state index in [-0.39, 0.29) is 0 Å². The van der Waals surface area contributed by atoms with E-state index in [0.29, 0.717) is 24.5 Å². The zero-order valence-corrected chi connectivity index (χ0v) is 9.51. The van der Waals surface area contributed by atoms with Crippen LogP contribution in [0.4, 0.5) is 0 Å². The molecule has 0 fully saturated rings. The van der Waals surface area contributed by atoms with Gasteiger partial charge in [0, 0.05) is 0 Å². The molecule has 0 atom stereocenters. The molecule has 0 spiro atoms. The minimum absolute atomic E-state index is 0.375. The first-order valence-electron chi connectivity index (χ1n) is 4.98. The Morgan fingerprint density at radius 2 is 0.929 bits per heavy atom. The van der Waals surface area contributed by atoms with E-state index < -0.39 is 14.2 Å². The second-order valence-corrected chi connectivity index (χ2v) is 4.22. The molecule has 0 aromatic carbocycles. The van der Waals surface area contributed by atoms with Crippen LogP contribution in [0.5, 0.6) is 0 Å². The highest BCUT2D eigenvalue weighted by atomic mass is 16.4. The average Bonchev–Trinajstić information content (AvgIpc) is 1.79. The normalized spacial score (nSPS) is 9.86. The molecule has 0 heterocycles. The third-order valence-corrected chi connectivity index (χ3v) is 1.36. The van der Waals surface area contributed by atoms with E-state index in [1.54, 1.807) is 0 Å². The van der Waals surface area contributed by atoms with Gasteiger partial charge >= 0.3 is 14.2 Å². The zero-order chi connectivity index (χ0) is 11.7. The Morgan fingerprint density at radius 1 is 0.714 bits per heavy atom. The van der Waals surface area contributed by atoms with E-state index in [1.807, 2.05) is 27.7 Å². The van der Waals surface area contributed by atoms with Crippen LogP contribution in [0, 0.1) is 11.8 Å². The fourth-order valence-electron chi connectivity index (χ4n) is 0.843. The molecular weight excluding hydrogens is 182 g/mol. The van der Waals surface area contributed by atoms with Gasteiger partial charge in [-0.3, -0.25) is 0 Å². The molecule has 0 amide bonds. The highest BCUT2D eigenvalue weighted by Gasteiger charge is 2.07. The molecule has 0 bridgehead atoms. The molecular formula is C8H22B2O4. The van der Waals surface area contributed by atoms with Crippen molar-refractivity contribution in [2.24, 2.45) is 11.8 Å². The molecule has 0 aromatic heterocycles. The average molecular weight is 204 g/mol. The molecule has 0 radical (unpaired) electrons. The summed E-state index contributed by atoms with van der Waals surface area (Å²) in [6, 6.07) is 0. The van der Waals surface area contributed by atoms with Gasteiger partial charge in [-0.2, -0.15) is 0 Å². The molecule has 6 heteroatoms. The summed E-state index contributed by atoms with van der Waals surface area (Å²) < 4.78 is 0. The first kappa shape index (κ1) is 16.4. The molecule has 0 rings (SSSR count). The smallest absolute Gasteiger partial charge is 0.427 e. The molecule has 0 aliphatic heterocycles. The van der Waals surface area contributed by atoms with Crippen LogP contribution in [0.2, 0.25) is 12.6 Å². The van der Waals surface area contributed by atoms with Crippen LogP contribution in [-0.2, 0) is 0 Å². The van der Waals surface area contributed by atoms with Gasteiger partial charge < -0.3 is 20.1 Å². The molecule has 0 saturated heterocycles. The maximum atomic E-state index is 8.28. The molecule has 0 saturated carbocycles. The minimum Gasteiger partial charge on any atom is -0.427 e. The van der Waals surface area contributed by atoms with Gasteiger partial charge in [-0.1, -0.05) is 27.7 Å². The minimum atomic E-state index is -1.13. The van der Waals surface area contributed by atoms with Crippen molar-refractivity contribution in [3.05, 3.63) is 0 Å². The van der Waals surface area contributed by atoms with Gasteiger partial charge in [0.15, 0.2) is 0 Å². The largest absolute Gasteiger partial charge is 0.451 e. The van der Waals surface area contributed by atoms with Crippen molar-refractivity contribution in [2.75, 3.05) is 0 Å². The molecule has 0 unspecified atom stereocenters. The van der Waals surface area contributed by atoms with Gasteiger partial charge in [0.05, 0.1) is 0 Å². The molecule has 4 N–H and O–H groups in total. The van der Waals surface area contributed by atoms with Crippen molar-refractivity contribution in [3.63, 3.8) is 0 Å². The van der Waals surface area contributed by atoms with Crippen molar-refractivity contribution in [1.82, 2.24) is 0 Å². The van der Waals surface area contributed by atoms with Crippen molar-refractivity contribution < 1.29 is 20.1 Å². The lowest BCUT2D eigenvalue weighted by Crippen LogP contribution is -2.12. The van der Waals surface area contributed by atoms with Crippen molar-refractivity contribution in [3.8, 4) is 0 Å². The Hall–Kier alpha value is -0.0301. The van der Waals surface area contributed by atoms with Gasteiger partial charge in [0.2, 0.25) is 0 Å². The molecule has 0 aliphatic carbocycles. The summed E-state index contributed by atoms with van der Waals surface area (Å²) >= 11 is 0. The predicted octanol–water partition coefficient (Wildman–Crippen LogP) is 0.230. The summed E-state index contributed by atoms with van der Waals surface area (Å²) in [5, 5.41) is 33.1. The van der Waals surface area contributed by atoms with Gasteiger partial charge in [-0.15, -0.1) is 0 Å². The maximum Gasteiger partial charge on any atom is 0.451 e. The highest BCUT2D eigenvalue weighted by Crippen LogP contribution is 2.00. The quantitative estimate of drug-likeness (QED) is 0.494. The van der Waals surface area contributed by atoms with E-state index >= 15 is 0 Å². The summed E-state index contributed by atoms with van der Waals surface area (Å²) in [4.78, 5) is 0. The Balaban J connectivity index is 0. The number of hydrogen-bond donors (Lipinski definition) is 4. The topological polar surface area (TPSA) is 80.9 Å². The predicted molar refractivity (Wildman–Crippen MR) is 59.7 cm³/mol. The van der Waals surface area contributed by atoms with E-state index in [0.717, 1.165) is 0 Å². The third kappa shape index (κ3) is 22.7. The number of hydrogen-bond acceptors (Lipinski definition) is 4. The third-order valence-electron chi connectivity index (χ3n) is 1.36. The Labute approximate surface area is 87.3 Å². The van der Waals surface area contributed by atoms with Gasteiger partial charge in [-0.05, 0) is 24.5 Å².